The molecule has 0 aromatic heterocycles. The van der Waals surface area contributed by atoms with Crippen LogP contribution in [0.5, 0.6) is 0 Å². The number of fused-ring (bicyclic) bond motifs is 1. The average Bonchev–Trinajstić information content (AvgIpc) is 3.34. The zero-order chi connectivity index (χ0) is 24.0. The van der Waals surface area contributed by atoms with Crippen LogP contribution in [0.3, 0.4) is 0 Å². The van der Waals surface area contributed by atoms with E-state index in [2.05, 4.69) is 5.32 Å². The summed E-state index contributed by atoms with van der Waals surface area (Å²) in [6, 6.07) is 10.8. The molecule has 0 saturated carbocycles. The number of nitrogens with one attached hydrogen (secondary N) is 1. The molecule has 1 unspecified atom stereocenters. The van der Waals surface area contributed by atoms with Gasteiger partial charge in [-0.25, -0.2) is 13.2 Å². The van der Waals surface area contributed by atoms with Crippen LogP contribution >= 0.6 is 11.6 Å². The molecule has 10 heteroatoms. The Hall–Kier alpha value is -2.91. The maximum atomic E-state index is 13.3. The van der Waals surface area contributed by atoms with E-state index in [0.29, 0.717) is 41.2 Å². The first-order valence-electron chi connectivity index (χ1n) is 10.7. The Balaban J connectivity index is 1.56. The molecule has 2 aromatic carbocycles. The third-order valence-corrected chi connectivity index (χ3v) is 8.33. The van der Waals surface area contributed by atoms with Gasteiger partial charge in [0.25, 0.3) is 5.91 Å². The Bertz CT molecular complexity index is 1250. The molecule has 8 nitrogen and oxygen atoms in total. The molecule has 33 heavy (non-hydrogen) atoms. The number of hydrogen-bond acceptors (Lipinski definition) is 5. The molecule has 2 heterocycles. The van der Waals surface area contributed by atoms with Gasteiger partial charge in [0.05, 0.1) is 18.0 Å². The maximum Gasteiger partial charge on any atom is 0.325 e. The summed E-state index contributed by atoms with van der Waals surface area (Å²) in [6.07, 6.45) is 0.804. The van der Waals surface area contributed by atoms with Gasteiger partial charge in [-0.1, -0.05) is 30.7 Å². The van der Waals surface area contributed by atoms with Crippen molar-refractivity contribution in [3.63, 3.8) is 0 Å². The van der Waals surface area contributed by atoms with Crippen LogP contribution in [0.2, 0.25) is 5.02 Å². The molecule has 1 fully saturated rings. The lowest BCUT2D eigenvalue weighted by molar-refractivity contribution is -0.131. The normalized spacial score (nSPS) is 20.2. The number of sulfonamides is 1. The monoisotopic (exact) mass is 489 g/mol. The summed E-state index contributed by atoms with van der Waals surface area (Å²) in [7, 11) is -3.39. The van der Waals surface area contributed by atoms with Crippen molar-refractivity contribution in [3.8, 4) is 0 Å². The summed E-state index contributed by atoms with van der Waals surface area (Å²) >= 11 is 5.96. The number of anilines is 1. The lowest BCUT2D eigenvalue weighted by Gasteiger charge is -2.25. The van der Waals surface area contributed by atoms with Crippen molar-refractivity contribution in [2.24, 2.45) is 0 Å². The fourth-order valence-corrected chi connectivity index (χ4v) is 5.65. The van der Waals surface area contributed by atoms with Crippen molar-refractivity contribution >= 4 is 45.0 Å². The van der Waals surface area contributed by atoms with Crippen LogP contribution in [0.15, 0.2) is 42.5 Å². The third-order valence-electron chi connectivity index (χ3n) is 6.30. The molecule has 1 saturated heterocycles. The van der Waals surface area contributed by atoms with E-state index in [0.717, 1.165) is 10.5 Å². The van der Waals surface area contributed by atoms with E-state index >= 15 is 0 Å². The van der Waals surface area contributed by atoms with Crippen LogP contribution in [-0.2, 0) is 26.8 Å². The second kappa shape index (κ2) is 8.46. The van der Waals surface area contributed by atoms with Crippen LogP contribution in [0.4, 0.5) is 10.5 Å². The predicted octanol–water partition coefficient (Wildman–Crippen LogP) is 3.09. The minimum absolute atomic E-state index is 0.00783. The zero-order valence-electron chi connectivity index (χ0n) is 18.3. The minimum atomic E-state index is -3.39. The summed E-state index contributed by atoms with van der Waals surface area (Å²) in [5.41, 5.74) is 0.979. The molecule has 2 aliphatic rings. The van der Waals surface area contributed by atoms with Gasteiger partial charge in [0.1, 0.15) is 5.54 Å². The van der Waals surface area contributed by atoms with Crippen molar-refractivity contribution in [3.05, 3.63) is 64.2 Å². The SMILES string of the molecule is CCC1(c2ccc(Cl)cc2)NC(=O)N(CC(=O)c2ccc3c(c2)CCN3S(=O)(=O)CC)C1=O. The number of carbonyl (C=O) groups is 3. The number of amides is 3. The summed E-state index contributed by atoms with van der Waals surface area (Å²) in [6.45, 7) is 3.30. The summed E-state index contributed by atoms with van der Waals surface area (Å²) in [4.78, 5) is 39.9. The van der Waals surface area contributed by atoms with Crippen LogP contribution in [-0.4, -0.2) is 49.9 Å². The van der Waals surface area contributed by atoms with Gasteiger partial charge in [-0.15, -0.1) is 0 Å². The van der Waals surface area contributed by atoms with Crippen molar-refractivity contribution in [2.75, 3.05) is 23.1 Å². The smallest absolute Gasteiger partial charge is 0.319 e. The maximum absolute atomic E-state index is 13.3. The van der Waals surface area contributed by atoms with E-state index in [1.54, 1.807) is 50.2 Å². The van der Waals surface area contributed by atoms with Gasteiger partial charge in [-0.2, -0.15) is 0 Å². The van der Waals surface area contributed by atoms with Crippen molar-refractivity contribution in [1.82, 2.24) is 10.2 Å². The number of ketones is 1. The molecular weight excluding hydrogens is 466 g/mol. The number of benzene rings is 2. The number of rotatable bonds is 7. The molecule has 0 spiro atoms. The highest BCUT2D eigenvalue weighted by molar-refractivity contribution is 7.92. The highest BCUT2D eigenvalue weighted by atomic mass is 35.5. The Morgan fingerprint density at radius 2 is 1.82 bits per heavy atom. The number of Topliss-reactive ketones (excluding diaryl/α,β-unsaturated/α-hetero) is 1. The zero-order valence-corrected chi connectivity index (χ0v) is 19.9. The molecule has 0 radical (unpaired) electrons. The van der Waals surface area contributed by atoms with Crippen LogP contribution < -0.4 is 9.62 Å². The Kier molecular flexibility index (Phi) is 5.96. The van der Waals surface area contributed by atoms with Crippen LogP contribution in [0.25, 0.3) is 0 Å². The van der Waals surface area contributed by atoms with Gasteiger partial charge in [-0.05, 0) is 61.2 Å². The second-order valence-electron chi connectivity index (χ2n) is 8.08. The molecule has 1 atom stereocenters. The van der Waals surface area contributed by atoms with Crippen molar-refractivity contribution in [2.45, 2.75) is 32.2 Å². The van der Waals surface area contributed by atoms with E-state index < -0.39 is 39.8 Å². The number of carbonyl (C=O) groups excluding carboxylic acids is 3. The van der Waals surface area contributed by atoms with Crippen LogP contribution in [0.1, 0.15) is 41.8 Å². The quantitative estimate of drug-likeness (QED) is 0.475. The first-order valence-corrected chi connectivity index (χ1v) is 12.7. The first kappa shape index (κ1) is 23.3. The average molecular weight is 490 g/mol. The van der Waals surface area contributed by atoms with Gasteiger partial charge < -0.3 is 5.32 Å². The third kappa shape index (κ3) is 3.89. The summed E-state index contributed by atoms with van der Waals surface area (Å²) in [5.74, 6) is -0.903. The van der Waals surface area contributed by atoms with Crippen molar-refractivity contribution < 1.29 is 22.8 Å². The summed E-state index contributed by atoms with van der Waals surface area (Å²) < 4.78 is 25.9. The van der Waals surface area contributed by atoms with E-state index in [1.165, 1.54) is 10.4 Å². The second-order valence-corrected chi connectivity index (χ2v) is 10.7. The van der Waals surface area contributed by atoms with Gasteiger partial charge in [0.15, 0.2) is 5.78 Å². The fourth-order valence-electron chi connectivity index (χ4n) is 4.37. The van der Waals surface area contributed by atoms with Gasteiger partial charge >= 0.3 is 6.03 Å². The minimum Gasteiger partial charge on any atom is -0.319 e. The van der Waals surface area contributed by atoms with Gasteiger partial charge in [0, 0.05) is 17.1 Å². The largest absolute Gasteiger partial charge is 0.325 e. The molecule has 0 bridgehead atoms. The number of urea groups is 1. The lowest BCUT2D eigenvalue weighted by Crippen LogP contribution is -2.43. The van der Waals surface area contributed by atoms with E-state index in [4.69, 9.17) is 11.6 Å². The Labute approximate surface area is 197 Å². The summed E-state index contributed by atoms with van der Waals surface area (Å²) in [5, 5.41) is 3.26. The van der Waals surface area contributed by atoms with Crippen molar-refractivity contribution in [1.29, 1.82) is 0 Å². The fraction of sp³-hybridized carbons (Fsp3) is 0.348. The van der Waals surface area contributed by atoms with Gasteiger partial charge in [0.2, 0.25) is 10.0 Å². The molecule has 3 amide bonds. The van der Waals surface area contributed by atoms with Gasteiger partial charge in [-0.3, -0.25) is 18.8 Å². The Morgan fingerprint density at radius 3 is 2.45 bits per heavy atom. The molecule has 1 N–H and O–H groups in total. The molecule has 2 aromatic rings. The number of halogens is 1. The Morgan fingerprint density at radius 1 is 1.12 bits per heavy atom. The predicted molar refractivity (Wildman–Crippen MR) is 125 cm³/mol. The molecular formula is C23H24ClN3O5S. The highest BCUT2D eigenvalue weighted by Gasteiger charge is 2.51. The topological polar surface area (TPSA) is 104 Å². The number of imide groups is 1. The standard InChI is InChI=1S/C23H24ClN3O5S/c1-3-23(17-6-8-18(24)9-7-17)21(29)26(22(30)25-23)14-20(28)16-5-10-19-15(13-16)11-12-27(19)33(31,32)4-2/h5-10,13H,3-4,11-12,14H2,1-2H3,(H,25,30). The highest BCUT2D eigenvalue weighted by Crippen LogP contribution is 2.34. The lowest BCUT2D eigenvalue weighted by atomic mass is 9.87. The first-order chi connectivity index (χ1) is 15.6. The molecule has 174 valence electrons. The molecule has 2 aliphatic heterocycles. The van der Waals surface area contributed by atoms with Crippen LogP contribution in [0, 0.1) is 0 Å². The molecule has 0 aliphatic carbocycles. The number of hydrogen-bond donors (Lipinski definition) is 1. The molecule has 4 rings (SSSR count). The van der Waals surface area contributed by atoms with E-state index in [1.807, 2.05) is 0 Å². The van der Waals surface area contributed by atoms with E-state index in [9.17, 15) is 22.8 Å². The number of nitrogens with zero attached hydrogens (tertiary/aromatic N) is 2. The van der Waals surface area contributed by atoms with E-state index in [-0.39, 0.29) is 5.75 Å².